The van der Waals surface area contributed by atoms with Gasteiger partial charge in [-0.15, -0.1) is 0 Å². The number of anilines is 1. The Balaban J connectivity index is 2.14. The number of hydrogen-bond donors (Lipinski definition) is 1. The van der Waals surface area contributed by atoms with Crippen molar-refractivity contribution in [1.82, 2.24) is 0 Å². The van der Waals surface area contributed by atoms with Gasteiger partial charge in [0.25, 0.3) is 0 Å². The van der Waals surface area contributed by atoms with Crippen LogP contribution in [0.1, 0.15) is 32.6 Å². The van der Waals surface area contributed by atoms with Crippen LogP contribution in [-0.2, 0) is 4.79 Å². The minimum absolute atomic E-state index is 0.544. The van der Waals surface area contributed by atoms with E-state index in [9.17, 15) is 9.90 Å². The molecule has 1 aromatic carbocycles. The van der Waals surface area contributed by atoms with E-state index in [1.807, 2.05) is 36.2 Å². The number of nitrogens with zero attached hydrogens (tertiary/aromatic N) is 1. The first-order valence-electron chi connectivity index (χ1n) is 7.55. The Morgan fingerprint density at radius 1 is 1.43 bits per heavy atom. The molecule has 4 nitrogen and oxygen atoms in total. The fourth-order valence-corrected chi connectivity index (χ4v) is 3.15. The summed E-state index contributed by atoms with van der Waals surface area (Å²) in [6.45, 7) is 2.75. The van der Waals surface area contributed by atoms with Crippen LogP contribution in [0.15, 0.2) is 24.3 Å². The van der Waals surface area contributed by atoms with E-state index >= 15 is 0 Å². The van der Waals surface area contributed by atoms with E-state index < -0.39 is 11.4 Å². The smallest absolute Gasteiger partial charge is 0.311 e. The van der Waals surface area contributed by atoms with Gasteiger partial charge in [-0.2, -0.15) is 0 Å². The van der Waals surface area contributed by atoms with Gasteiger partial charge in [0.1, 0.15) is 5.75 Å². The Kier molecular flexibility index (Phi) is 4.76. The number of methoxy groups -OCH3 is 1. The molecule has 2 rings (SSSR count). The molecule has 1 N–H and O–H groups in total. The molecule has 0 aromatic heterocycles. The van der Waals surface area contributed by atoms with Gasteiger partial charge in [-0.3, -0.25) is 4.79 Å². The zero-order valence-electron chi connectivity index (χ0n) is 13.1. The second kappa shape index (κ2) is 6.37. The van der Waals surface area contributed by atoms with Gasteiger partial charge >= 0.3 is 5.97 Å². The van der Waals surface area contributed by atoms with Crippen molar-refractivity contribution in [1.29, 1.82) is 0 Å². The summed E-state index contributed by atoms with van der Waals surface area (Å²) >= 11 is 0. The minimum Gasteiger partial charge on any atom is -0.497 e. The van der Waals surface area contributed by atoms with Gasteiger partial charge in [0.15, 0.2) is 0 Å². The number of aliphatic carboxylic acids is 1. The molecule has 0 radical (unpaired) electrons. The summed E-state index contributed by atoms with van der Waals surface area (Å²) in [5.74, 6) is 0.768. The highest BCUT2D eigenvalue weighted by Gasteiger charge is 2.42. The summed E-state index contributed by atoms with van der Waals surface area (Å²) in [5.41, 5.74) is 0.373. The number of carboxylic acid groups (broad SMARTS) is 1. The fraction of sp³-hybridized carbons (Fsp3) is 0.588. The Hall–Kier alpha value is -1.71. The van der Waals surface area contributed by atoms with Gasteiger partial charge in [-0.25, -0.2) is 0 Å². The average molecular weight is 291 g/mol. The van der Waals surface area contributed by atoms with Crippen molar-refractivity contribution in [2.75, 3.05) is 25.6 Å². The zero-order valence-corrected chi connectivity index (χ0v) is 13.1. The van der Waals surface area contributed by atoms with Crippen LogP contribution < -0.4 is 9.64 Å². The van der Waals surface area contributed by atoms with E-state index in [2.05, 4.69) is 6.92 Å². The molecule has 0 unspecified atom stereocenters. The first-order chi connectivity index (χ1) is 9.97. The minimum atomic E-state index is -0.663. The van der Waals surface area contributed by atoms with Gasteiger partial charge in [-0.1, -0.05) is 13.0 Å². The summed E-state index contributed by atoms with van der Waals surface area (Å²) in [7, 11) is 3.60. The molecule has 116 valence electrons. The predicted octanol–water partition coefficient (Wildman–Crippen LogP) is 3.41. The molecule has 1 aromatic rings. The molecule has 0 heterocycles. The number of benzene rings is 1. The lowest BCUT2D eigenvalue weighted by Crippen LogP contribution is -2.44. The van der Waals surface area contributed by atoms with E-state index in [0.29, 0.717) is 12.5 Å². The highest BCUT2D eigenvalue weighted by Crippen LogP contribution is 2.40. The predicted molar refractivity (Wildman–Crippen MR) is 84.0 cm³/mol. The van der Waals surface area contributed by atoms with Gasteiger partial charge in [0.05, 0.1) is 12.5 Å². The van der Waals surface area contributed by atoms with Gasteiger partial charge in [-0.05, 0) is 43.7 Å². The second-order valence-electron chi connectivity index (χ2n) is 6.33. The molecule has 21 heavy (non-hydrogen) atoms. The maximum absolute atomic E-state index is 11.8. The summed E-state index contributed by atoms with van der Waals surface area (Å²) in [4.78, 5) is 13.9. The number of carboxylic acids is 1. The van der Waals surface area contributed by atoms with Crippen molar-refractivity contribution in [2.45, 2.75) is 32.6 Å². The van der Waals surface area contributed by atoms with Crippen molar-refractivity contribution in [3.63, 3.8) is 0 Å². The van der Waals surface area contributed by atoms with Crippen molar-refractivity contribution >= 4 is 11.7 Å². The van der Waals surface area contributed by atoms with Gasteiger partial charge < -0.3 is 14.7 Å². The van der Waals surface area contributed by atoms with Crippen LogP contribution in [0.5, 0.6) is 5.75 Å². The SMILES string of the molecule is COc1cccc(N(C)CC2(C(=O)O)CCC(C)CC2)c1. The highest BCUT2D eigenvalue weighted by atomic mass is 16.5. The molecule has 0 amide bonds. The number of carbonyl (C=O) groups is 1. The van der Waals surface area contributed by atoms with Crippen LogP contribution in [0.25, 0.3) is 0 Å². The molecule has 0 saturated heterocycles. The standard InChI is InChI=1S/C17H25NO3/c1-13-7-9-17(10-8-13,16(19)20)12-18(2)14-5-4-6-15(11-14)21-3/h4-6,11,13H,7-10,12H2,1-3H3,(H,19,20). The average Bonchev–Trinajstić information content (AvgIpc) is 2.49. The topological polar surface area (TPSA) is 49.8 Å². The van der Waals surface area contributed by atoms with Gasteiger partial charge in [0, 0.05) is 25.3 Å². The maximum Gasteiger partial charge on any atom is 0.311 e. The molecule has 1 aliphatic carbocycles. The molecule has 0 aliphatic heterocycles. The first-order valence-corrected chi connectivity index (χ1v) is 7.55. The molecule has 4 heteroatoms. The third kappa shape index (κ3) is 3.49. The molecule has 1 saturated carbocycles. The van der Waals surface area contributed by atoms with Crippen LogP contribution in [-0.4, -0.2) is 31.8 Å². The van der Waals surface area contributed by atoms with Crippen LogP contribution in [0, 0.1) is 11.3 Å². The lowest BCUT2D eigenvalue weighted by Gasteiger charge is -2.39. The quantitative estimate of drug-likeness (QED) is 0.903. The van der Waals surface area contributed by atoms with E-state index in [-0.39, 0.29) is 0 Å². The Morgan fingerprint density at radius 3 is 2.67 bits per heavy atom. The number of ether oxygens (including phenoxy) is 1. The zero-order chi connectivity index (χ0) is 15.5. The second-order valence-corrected chi connectivity index (χ2v) is 6.33. The summed E-state index contributed by atoms with van der Waals surface area (Å²) in [6, 6.07) is 7.76. The van der Waals surface area contributed by atoms with Gasteiger partial charge in [0.2, 0.25) is 0 Å². The van der Waals surface area contributed by atoms with Crippen molar-refractivity contribution in [3.05, 3.63) is 24.3 Å². The number of hydrogen-bond acceptors (Lipinski definition) is 3. The molecule has 0 atom stereocenters. The molecule has 0 spiro atoms. The van der Waals surface area contributed by atoms with Crippen molar-refractivity contribution in [3.8, 4) is 5.75 Å². The van der Waals surface area contributed by atoms with E-state index in [1.165, 1.54) is 0 Å². The fourth-order valence-electron chi connectivity index (χ4n) is 3.15. The Morgan fingerprint density at radius 2 is 2.10 bits per heavy atom. The van der Waals surface area contributed by atoms with E-state index in [1.54, 1.807) is 7.11 Å². The van der Waals surface area contributed by atoms with Crippen molar-refractivity contribution < 1.29 is 14.6 Å². The number of rotatable bonds is 5. The lowest BCUT2D eigenvalue weighted by atomic mass is 9.70. The van der Waals surface area contributed by atoms with Crippen LogP contribution in [0.2, 0.25) is 0 Å². The Bertz CT molecular complexity index is 493. The first kappa shape index (κ1) is 15.7. The maximum atomic E-state index is 11.8. The normalized spacial score (nSPS) is 25.4. The van der Waals surface area contributed by atoms with Crippen molar-refractivity contribution in [2.24, 2.45) is 11.3 Å². The van der Waals surface area contributed by atoms with E-state index in [0.717, 1.165) is 37.1 Å². The summed E-state index contributed by atoms with van der Waals surface area (Å²) in [5, 5.41) is 9.72. The monoisotopic (exact) mass is 291 g/mol. The largest absolute Gasteiger partial charge is 0.497 e. The Labute approximate surface area is 126 Å². The summed E-state index contributed by atoms with van der Waals surface area (Å²) in [6.07, 6.45) is 3.52. The summed E-state index contributed by atoms with van der Waals surface area (Å²) < 4.78 is 5.24. The molecule has 1 aliphatic rings. The molecule has 0 bridgehead atoms. The lowest BCUT2D eigenvalue weighted by molar-refractivity contribution is -0.150. The highest BCUT2D eigenvalue weighted by molar-refractivity contribution is 5.76. The third-order valence-electron chi connectivity index (χ3n) is 4.72. The molecular weight excluding hydrogens is 266 g/mol. The van der Waals surface area contributed by atoms with Crippen LogP contribution in [0.3, 0.4) is 0 Å². The van der Waals surface area contributed by atoms with E-state index in [4.69, 9.17) is 4.74 Å². The van der Waals surface area contributed by atoms with Crippen LogP contribution in [0.4, 0.5) is 5.69 Å². The molecular formula is C17H25NO3. The molecule has 1 fully saturated rings. The third-order valence-corrected chi connectivity index (χ3v) is 4.72. The van der Waals surface area contributed by atoms with Crippen LogP contribution >= 0.6 is 0 Å².